The first kappa shape index (κ1) is 18.5. The standard InChI is InChI=1S/C28H17N3OS/c1-16-29-27(21-12-6-10-19-17-8-2-4-14-23(17)32-25(19)21)31-28(30-16)22-13-7-11-20-18-9-3-5-15-24(18)33-26(20)22/h2-15H,1H3. The normalized spacial score (nSPS) is 11.8. The second-order valence-corrected chi connectivity index (χ2v) is 9.14. The molecule has 7 rings (SSSR count). The second-order valence-electron chi connectivity index (χ2n) is 8.09. The average molecular weight is 444 g/mol. The van der Waals surface area contributed by atoms with Gasteiger partial charge in [0.2, 0.25) is 0 Å². The van der Waals surface area contributed by atoms with Crippen LogP contribution in [-0.2, 0) is 0 Å². The number of benzene rings is 4. The van der Waals surface area contributed by atoms with Crippen molar-refractivity contribution in [1.82, 2.24) is 15.0 Å². The zero-order valence-corrected chi connectivity index (χ0v) is 18.6. The average Bonchev–Trinajstić information content (AvgIpc) is 3.42. The fourth-order valence-electron chi connectivity index (χ4n) is 4.57. The molecule has 0 bridgehead atoms. The lowest BCUT2D eigenvalue weighted by Gasteiger charge is -2.07. The van der Waals surface area contributed by atoms with Crippen LogP contribution in [0.3, 0.4) is 0 Å². The van der Waals surface area contributed by atoms with Crippen molar-refractivity contribution < 1.29 is 4.42 Å². The van der Waals surface area contributed by atoms with Crippen molar-refractivity contribution in [3.8, 4) is 22.8 Å². The molecule has 156 valence electrons. The Labute approximate surface area is 193 Å². The molecule has 0 saturated heterocycles. The van der Waals surface area contributed by atoms with Crippen LogP contribution >= 0.6 is 11.3 Å². The van der Waals surface area contributed by atoms with Crippen molar-refractivity contribution in [2.75, 3.05) is 0 Å². The maximum absolute atomic E-state index is 6.24. The minimum atomic E-state index is 0.625. The van der Waals surface area contributed by atoms with E-state index in [1.165, 1.54) is 20.2 Å². The van der Waals surface area contributed by atoms with E-state index in [1.807, 2.05) is 37.3 Å². The predicted molar refractivity (Wildman–Crippen MR) is 136 cm³/mol. The van der Waals surface area contributed by atoms with Gasteiger partial charge in [-0.2, -0.15) is 0 Å². The maximum Gasteiger partial charge on any atom is 0.167 e. The van der Waals surface area contributed by atoms with Gasteiger partial charge in [-0.25, -0.2) is 15.0 Å². The quantitative estimate of drug-likeness (QED) is 0.274. The number of hydrogen-bond donors (Lipinski definition) is 0. The molecule has 0 atom stereocenters. The molecule has 0 N–H and O–H groups in total. The highest BCUT2D eigenvalue weighted by Gasteiger charge is 2.17. The summed E-state index contributed by atoms with van der Waals surface area (Å²) in [7, 11) is 0. The summed E-state index contributed by atoms with van der Waals surface area (Å²) in [6, 6.07) is 29.1. The van der Waals surface area contributed by atoms with Crippen LogP contribution in [0.1, 0.15) is 5.82 Å². The highest BCUT2D eigenvalue weighted by molar-refractivity contribution is 7.26. The lowest BCUT2D eigenvalue weighted by atomic mass is 10.1. The smallest absolute Gasteiger partial charge is 0.167 e. The summed E-state index contributed by atoms with van der Waals surface area (Å²) in [4.78, 5) is 14.4. The monoisotopic (exact) mass is 443 g/mol. The topological polar surface area (TPSA) is 51.8 Å². The van der Waals surface area contributed by atoms with Crippen LogP contribution in [0, 0.1) is 6.92 Å². The summed E-state index contributed by atoms with van der Waals surface area (Å²) in [5.74, 6) is 1.99. The summed E-state index contributed by atoms with van der Waals surface area (Å²) < 4.78 is 8.69. The van der Waals surface area contributed by atoms with Gasteiger partial charge < -0.3 is 4.42 Å². The molecule has 5 heteroatoms. The highest BCUT2D eigenvalue weighted by atomic mass is 32.1. The van der Waals surface area contributed by atoms with Crippen LogP contribution in [-0.4, -0.2) is 15.0 Å². The summed E-state index contributed by atoms with van der Waals surface area (Å²) in [5, 5.41) is 4.65. The Kier molecular flexibility index (Phi) is 3.89. The van der Waals surface area contributed by atoms with Crippen LogP contribution in [0.15, 0.2) is 89.3 Å². The highest BCUT2D eigenvalue weighted by Crippen LogP contribution is 2.40. The van der Waals surface area contributed by atoms with Gasteiger partial charge in [-0.1, -0.05) is 60.7 Å². The van der Waals surface area contributed by atoms with Gasteiger partial charge in [0.1, 0.15) is 17.0 Å². The minimum Gasteiger partial charge on any atom is -0.455 e. The molecule has 3 heterocycles. The SMILES string of the molecule is Cc1nc(-c2cccc3c2oc2ccccc23)nc(-c2cccc3c2sc2ccccc23)n1. The van der Waals surface area contributed by atoms with Crippen molar-refractivity contribution in [3.63, 3.8) is 0 Å². The van der Waals surface area contributed by atoms with E-state index in [0.717, 1.165) is 33.1 Å². The molecule has 0 fully saturated rings. The van der Waals surface area contributed by atoms with Crippen LogP contribution < -0.4 is 0 Å². The van der Waals surface area contributed by atoms with Crippen molar-refractivity contribution in [3.05, 3.63) is 90.8 Å². The molecule has 0 saturated carbocycles. The number of rotatable bonds is 2. The molecule has 7 aromatic rings. The molecular weight excluding hydrogens is 426 g/mol. The molecule has 4 aromatic carbocycles. The maximum atomic E-state index is 6.24. The number of fused-ring (bicyclic) bond motifs is 6. The lowest BCUT2D eigenvalue weighted by Crippen LogP contribution is -1.99. The fourth-order valence-corrected chi connectivity index (χ4v) is 5.78. The molecule has 0 radical (unpaired) electrons. The minimum absolute atomic E-state index is 0.625. The third kappa shape index (κ3) is 2.79. The first-order chi connectivity index (χ1) is 16.3. The molecule has 0 aliphatic heterocycles. The third-order valence-corrected chi connectivity index (χ3v) is 7.26. The molecule has 3 aromatic heterocycles. The molecule has 4 nitrogen and oxygen atoms in total. The van der Waals surface area contributed by atoms with Gasteiger partial charge >= 0.3 is 0 Å². The Bertz CT molecular complexity index is 1720. The molecular formula is C28H17N3OS. The first-order valence-electron chi connectivity index (χ1n) is 10.8. The van der Waals surface area contributed by atoms with Gasteiger partial charge in [-0.05, 0) is 31.2 Å². The number of aryl methyl sites for hydroxylation is 1. The van der Waals surface area contributed by atoms with Gasteiger partial charge in [0, 0.05) is 36.5 Å². The Hall–Kier alpha value is -4.09. The van der Waals surface area contributed by atoms with Gasteiger partial charge in [0.05, 0.1) is 5.56 Å². The number of nitrogens with zero attached hydrogens (tertiary/aromatic N) is 3. The van der Waals surface area contributed by atoms with E-state index < -0.39 is 0 Å². The molecule has 0 unspecified atom stereocenters. The Balaban J connectivity index is 1.48. The van der Waals surface area contributed by atoms with E-state index in [2.05, 4.69) is 54.6 Å². The van der Waals surface area contributed by atoms with Gasteiger partial charge in [-0.15, -0.1) is 11.3 Å². The predicted octanol–water partition coefficient (Wildman–Crippen LogP) is 7.78. The van der Waals surface area contributed by atoms with Crippen LogP contribution in [0.2, 0.25) is 0 Å². The zero-order chi connectivity index (χ0) is 21.9. The van der Waals surface area contributed by atoms with E-state index in [-0.39, 0.29) is 0 Å². The van der Waals surface area contributed by atoms with Crippen molar-refractivity contribution in [2.24, 2.45) is 0 Å². The van der Waals surface area contributed by atoms with E-state index >= 15 is 0 Å². The summed E-state index contributed by atoms with van der Waals surface area (Å²) in [6.45, 7) is 1.92. The summed E-state index contributed by atoms with van der Waals surface area (Å²) in [5.41, 5.74) is 3.56. The molecule has 33 heavy (non-hydrogen) atoms. The van der Waals surface area contributed by atoms with Crippen molar-refractivity contribution in [1.29, 1.82) is 0 Å². The summed E-state index contributed by atoms with van der Waals surface area (Å²) in [6.07, 6.45) is 0. The Morgan fingerprint density at radius 3 is 2.15 bits per heavy atom. The van der Waals surface area contributed by atoms with E-state index in [9.17, 15) is 0 Å². The first-order valence-corrected chi connectivity index (χ1v) is 11.6. The number of thiophene rings is 1. The second kappa shape index (κ2) is 6.95. The largest absolute Gasteiger partial charge is 0.455 e. The summed E-state index contributed by atoms with van der Waals surface area (Å²) >= 11 is 1.78. The van der Waals surface area contributed by atoms with Gasteiger partial charge in [0.25, 0.3) is 0 Å². The zero-order valence-electron chi connectivity index (χ0n) is 17.7. The Morgan fingerprint density at radius 2 is 1.27 bits per heavy atom. The van der Waals surface area contributed by atoms with Crippen molar-refractivity contribution >= 4 is 53.4 Å². The number of furan rings is 1. The van der Waals surface area contributed by atoms with E-state index in [0.29, 0.717) is 17.5 Å². The third-order valence-electron chi connectivity index (χ3n) is 6.04. The van der Waals surface area contributed by atoms with Crippen LogP contribution in [0.4, 0.5) is 0 Å². The van der Waals surface area contributed by atoms with Gasteiger partial charge in [0.15, 0.2) is 11.6 Å². The molecule has 0 spiro atoms. The van der Waals surface area contributed by atoms with E-state index in [1.54, 1.807) is 11.3 Å². The lowest BCUT2D eigenvalue weighted by molar-refractivity contribution is 0.669. The molecule has 0 aliphatic carbocycles. The van der Waals surface area contributed by atoms with Crippen LogP contribution in [0.25, 0.3) is 64.9 Å². The number of aromatic nitrogens is 3. The Morgan fingerprint density at radius 1 is 0.606 bits per heavy atom. The number of hydrogen-bond acceptors (Lipinski definition) is 5. The number of para-hydroxylation sites is 2. The van der Waals surface area contributed by atoms with E-state index in [4.69, 9.17) is 19.4 Å². The van der Waals surface area contributed by atoms with Crippen molar-refractivity contribution in [2.45, 2.75) is 6.92 Å². The van der Waals surface area contributed by atoms with Crippen LogP contribution in [0.5, 0.6) is 0 Å². The molecule has 0 aliphatic rings. The van der Waals surface area contributed by atoms with Gasteiger partial charge in [-0.3, -0.25) is 0 Å². The molecule has 0 amide bonds. The fraction of sp³-hybridized carbons (Fsp3) is 0.0357.